The van der Waals surface area contributed by atoms with Gasteiger partial charge in [0.2, 0.25) is 0 Å². The number of hydrogen-bond acceptors (Lipinski definition) is 5. The van der Waals surface area contributed by atoms with Crippen molar-refractivity contribution in [1.29, 1.82) is 0 Å². The SMILES string of the molecule is COc1ccccc1-n1nc(C(=O)Nc2ccc(C)c(C)c2)c(O)cc1=O. The van der Waals surface area contributed by atoms with Crippen LogP contribution in [0.5, 0.6) is 11.5 Å². The van der Waals surface area contributed by atoms with Crippen LogP contribution in [0.1, 0.15) is 21.6 Å². The van der Waals surface area contributed by atoms with Crippen molar-refractivity contribution in [3.8, 4) is 17.2 Å². The lowest BCUT2D eigenvalue weighted by Crippen LogP contribution is -2.25. The normalized spacial score (nSPS) is 10.5. The van der Waals surface area contributed by atoms with Crippen LogP contribution in [0.4, 0.5) is 5.69 Å². The number of nitrogens with one attached hydrogen (secondary N) is 1. The zero-order valence-electron chi connectivity index (χ0n) is 15.2. The molecule has 27 heavy (non-hydrogen) atoms. The zero-order valence-corrected chi connectivity index (χ0v) is 15.2. The van der Waals surface area contributed by atoms with Crippen LogP contribution in [0.15, 0.2) is 53.3 Å². The third-order valence-electron chi connectivity index (χ3n) is 4.20. The van der Waals surface area contributed by atoms with Crippen molar-refractivity contribution < 1.29 is 14.6 Å². The number of aromatic nitrogens is 2. The average molecular weight is 365 g/mol. The summed E-state index contributed by atoms with van der Waals surface area (Å²) in [5, 5.41) is 16.8. The number of amides is 1. The fourth-order valence-corrected chi connectivity index (χ4v) is 2.60. The zero-order chi connectivity index (χ0) is 19.6. The quantitative estimate of drug-likeness (QED) is 0.742. The molecule has 0 saturated carbocycles. The maximum absolute atomic E-state index is 12.6. The van der Waals surface area contributed by atoms with Gasteiger partial charge in [-0.05, 0) is 49.2 Å². The second-order valence-electron chi connectivity index (χ2n) is 6.05. The monoisotopic (exact) mass is 365 g/mol. The molecule has 0 aliphatic rings. The van der Waals surface area contributed by atoms with Crippen LogP contribution in [0.3, 0.4) is 0 Å². The summed E-state index contributed by atoms with van der Waals surface area (Å²) in [5.41, 5.74) is 2.20. The van der Waals surface area contributed by atoms with E-state index in [0.29, 0.717) is 17.1 Å². The van der Waals surface area contributed by atoms with Crippen molar-refractivity contribution in [3.05, 3.63) is 75.7 Å². The van der Waals surface area contributed by atoms with Crippen molar-refractivity contribution >= 4 is 11.6 Å². The number of rotatable bonds is 4. The fraction of sp³-hybridized carbons (Fsp3) is 0.150. The Hall–Kier alpha value is -3.61. The molecule has 0 bridgehead atoms. The summed E-state index contributed by atoms with van der Waals surface area (Å²) >= 11 is 0. The molecular formula is C20H19N3O4. The summed E-state index contributed by atoms with van der Waals surface area (Å²) in [7, 11) is 1.47. The van der Waals surface area contributed by atoms with E-state index in [0.717, 1.165) is 21.9 Å². The van der Waals surface area contributed by atoms with Crippen molar-refractivity contribution in [2.24, 2.45) is 0 Å². The highest BCUT2D eigenvalue weighted by atomic mass is 16.5. The summed E-state index contributed by atoms with van der Waals surface area (Å²) in [6, 6.07) is 13.2. The van der Waals surface area contributed by atoms with Gasteiger partial charge in [0.1, 0.15) is 11.4 Å². The Balaban J connectivity index is 2.02. The number of carbonyl (C=O) groups is 1. The molecule has 0 fully saturated rings. The Kier molecular flexibility index (Phi) is 4.94. The predicted octanol–water partition coefficient (Wildman–Crippen LogP) is 2.82. The standard InChI is InChI=1S/C20H19N3O4/c1-12-8-9-14(10-13(12)2)21-20(26)19-16(24)11-18(25)23(22-19)15-6-4-5-7-17(15)27-3/h4-11,24H,1-3H3,(H,21,26). The highest BCUT2D eigenvalue weighted by Gasteiger charge is 2.18. The first-order valence-electron chi connectivity index (χ1n) is 8.26. The van der Waals surface area contributed by atoms with Crippen LogP contribution in [0.2, 0.25) is 0 Å². The van der Waals surface area contributed by atoms with Crippen LogP contribution in [-0.2, 0) is 0 Å². The number of ether oxygens (including phenoxy) is 1. The molecule has 7 heteroatoms. The molecule has 0 aliphatic carbocycles. The number of carbonyl (C=O) groups excluding carboxylic acids is 1. The molecule has 7 nitrogen and oxygen atoms in total. The second kappa shape index (κ2) is 7.33. The summed E-state index contributed by atoms with van der Waals surface area (Å²) in [6.07, 6.45) is 0. The fourth-order valence-electron chi connectivity index (χ4n) is 2.60. The lowest BCUT2D eigenvalue weighted by molar-refractivity contribution is 0.101. The number of aryl methyl sites for hydroxylation is 2. The van der Waals surface area contributed by atoms with Gasteiger partial charge in [0.05, 0.1) is 7.11 Å². The molecule has 3 aromatic rings. The van der Waals surface area contributed by atoms with Gasteiger partial charge in [-0.3, -0.25) is 9.59 Å². The van der Waals surface area contributed by atoms with Gasteiger partial charge in [0, 0.05) is 11.8 Å². The third-order valence-corrected chi connectivity index (χ3v) is 4.20. The number of para-hydroxylation sites is 2. The molecule has 0 radical (unpaired) electrons. The van der Waals surface area contributed by atoms with Gasteiger partial charge in [-0.15, -0.1) is 0 Å². The van der Waals surface area contributed by atoms with Gasteiger partial charge in [-0.25, -0.2) is 0 Å². The van der Waals surface area contributed by atoms with E-state index in [-0.39, 0.29) is 5.69 Å². The van der Waals surface area contributed by atoms with Gasteiger partial charge in [-0.1, -0.05) is 18.2 Å². The van der Waals surface area contributed by atoms with Gasteiger partial charge < -0.3 is 15.2 Å². The van der Waals surface area contributed by atoms with Crippen molar-refractivity contribution in [3.63, 3.8) is 0 Å². The van der Waals surface area contributed by atoms with E-state index in [2.05, 4.69) is 10.4 Å². The molecule has 1 amide bonds. The highest BCUT2D eigenvalue weighted by Crippen LogP contribution is 2.22. The number of methoxy groups -OCH3 is 1. The van der Waals surface area contributed by atoms with E-state index in [9.17, 15) is 14.7 Å². The first-order valence-corrected chi connectivity index (χ1v) is 8.26. The molecular weight excluding hydrogens is 346 g/mol. The van der Waals surface area contributed by atoms with Crippen LogP contribution >= 0.6 is 0 Å². The van der Waals surface area contributed by atoms with Crippen molar-refractivity contribution in [2.75, 3.05) is 12.4 Å². The van der Waals surface area contributed by atoms with Gasteiger partial charge in [-0.2, -0.15) is 9.78 Å². The Labute approximate surface area is 155 Å². The smallest absolute Gasteiger partial charge is 0.279 e. The molecule has 2 aromatic carbocycles. The highest BCUT2D eigenvalue weighted by molar-refractivity contribution is 6.04. The number of anilines is 1. The minimum Gasteiger partial charge on any atom is -0.505 e. The van der Waals surface area contributed by atoms with Crippen molar-refractivity contribution in [2.45, 2.75) is 13.8 Å². The second-order valence-corrected chi connectivity index (χ2v) is 6.05. The largest absolute Gasteiger partial charge is 0.505 e. The van der Waals surface area contributed by atoms with Crippen molar-refractivity contribution in [1.82, 2.24) is 9.78 Å². The number of aromatic hydroxyl groups is 1. The van der Waals surface area contributed by atoms with Gasteiger partial charge in [0.15, 0.2) is 11.4 Å². The van der Waals surface area contributed by atoms with E-state index in [1.54, 1.807) is 30.3 Å². The molecule has 2 N–H and O–H groups in total. The molecule has 0 aliphatic heterocycles. The summed E-state index contributed by atoms with van der Waals surface area (Å²) in [5.74, 6) is -0.704. The molecule has 0 atom stereocenters. The number of benzene rings is 2. The molecule has 1 aromatic heterocycles. The Morgan fingerprint density at radius 1 is 1.11 bits per heavy atom. The van der Waals surface area contributed by atoms with E-state index in [4.69, 9.17) is 4.74 Å². The Morgan fingerprint density at radius 3 is 2.56 bits per heavy atom. The maximum atomic E-state index is 12.6. The molecule has 1 heterocycles. The van der Waals surface area contributed by atoms with E-state index in [1.807, 2.05) is 26.0 Å². The first-order chi connectivity index (χ1) is 12.9. The summed E-state index contributed by atoms with van der Waals surface area (Å²) in [4.78, 5) is 24.9. The molecule has 138 valence electrons. The lowest BCUT2D eigenvalue weighted by Gasteiger charge is -2.12. The minimum absolute atomic E-state index is 0.265. The summed E-state index contributed by atoms with van der Waals surface area (Å²) < 4.78 is 6.26. The lowest BCUT2D eigenvalue weighted by atomic mass is 10.1. The third kappa shape index (κ3) is 3.67. The van der Waals surface area contributed by atoms with E-state index in [1.165, 1.54) is 7.11 Å². The molecule has 0 saturated heterocycles. The average Bonchev–Trinajstić information content (AvgIpc) is 2.65. The van der Waals surface area contributed by atoms with Crippen LogP contribution in [0, 0.1) is 13.8 Å². The molecule has 3 rings (SSSR count). The number of nitrogens with zero attached hydrogens (tertiary/aromatic N) is 2. The van der Waals surface area contributed by atoms with Gasteiger partial charge in [0.25, 0.3) is 11.5 Å². The Bertz CT molecular complexity index is 1070. The minimum atomic E-state index is -0.626. The Morgan fingerprint density at radius 2 is 1.85 bits per heavy atom. The van der Waals surface area contributed by atoms with E-state index >= 15 is 0 Å². The van der Waals surface area contributed by atoms with Gasteiger partial charge >= 0.3 is 0 Å². The number of hydrogen-bond donors (Lipinski definition) is 2. The maximum Gasteiger partial charge on any atom is 0.279 e. The summed E-state index contributed by atoms with van der Waals surface area (Å²) in [6.45, 7) is 3.90. The van der Waals surface area contributed by atoms with Crippen LogP contribution in [0.25, 0.3) is 5.69 Å². The topological polar surface area (TPSA) is 93.5 Å². The first kappa shape index (κ1) is 18.2. The van der Waals surface area contributed by atoms with E-state index < -0.39 is 17.2 Å². The van der Waals surface area contributed by atoms with Crippen LogP contribution in [-0.4, -0.2) is 27.9 Å². The van der Waals surface area contributed by atoms with Crippen LogP contribution < -0.4 is 15.6 Å². The molecule has 0 unspecified atom stereocenters. The predicted molar refractivity (Wildman–Crippen MR) is 102 cm³/mol. The molecule has 0 spiro atoms.